The number of pyridine rings is 1. The fourth-order valence-electron chi connectivity index (χ4n) is 3.77. The van der Waals surface area contributed by atoms with Crippen molar-refractivity contribution in [3.63, 3.8) is 0 Å². The number of carbonyl (C=O) groups is 1. The molecule has 134 valence electrons. The molecule has 1 fully saturated rings. The third-order valence-electron chi connectivity index (χ3n) is 4.98. The number of rotatable bonds is 4. The summed E-state index contributed by atoms with van der Waals surface area (Å²) in [6, 6.07) is 0.528. The number of aromatic carboxylic acids is 1. The zero-order valence-electron chi connectivity index (χ0n) is 13.2. The number of aromatic nitrogens is 1. The number of carboxylic acid groups (broad SMARTS) is 1. The van der Waals surface area contributed by atoms with Gasteiger partial charge in [0.25, 0.3) is 0 Å². The zero-order valence-corrected chi connectivity index (χ0v) is 13.2. The number of fused-ring (bicyclic) bond motifs is 1. The summed E-state index contributed by atoms with van der Waals surface area (Å²) in [6.07, 6.45) is 3.67. The molecule has 0 unspecified atom stereocenters. The third kappa shape index (κ3) is 2.60. The van der Waals surface area contributed by atoms with Crippen LogP contribution in [-0.4, -0.2) is 27.4 Å². The van der Waals surface area contributed by atoms with Gasteiger partial charge in [0, 0.05) is 18.3 Å². The van der Waals surface area contributed by atoms with Crippen LogP contribution in [0.1, 0.15) is 42.5 Å². The molecule has 2 N–H and O–H groups in total. The first kappa shape index (κ1) is 17.5. The van der Waals surface area contributed by atoms with E-state index < -0.39 is 50.9 Å². The van der Waals surface area contributed by atoms with Crippen molar-refractivity contribution in [2.45, 2.75) is 37.6 Å². The summed E-state index contributed by atoms with van der Waals surface area (Å²) < 4.78 is 43.2. The molecule has 8 heteroatoms. The standard InChI is InChI=1S/C17H16F3NO4/c18-11-7-9-14(13(20)12(11)19)21(8-10(15(9)23)16(24)25)17(5-6-22)3-1-2-4-17/h7-8,22H,1-6H2,(H,24,25). The van der Waals surface area contributed by atoms with E-state index in [1.807, 2.05) is 0 Å². The SMILES string of the molecule is O=C(O)c1cn(C2(CCO)CCCC2)c2c(F)c(F)c(F)cc2c1=O. The van der Waals surface area contributed by atoms with Crippen molar-refractivity contribution < 1.29 is 28.2 Å². The van der Waals surface area contributed by atoms with Gasteiger partial charge in [0.15, 0.2) is 17.5 Å². The maximum atomic E-state index is 14.5. The fraction of sp³-hybridized carbons (Fsp3) is 0.412. The van der Waals surface area contributed by atoms with Crippen LogP contribution in [-0.2, 0) is 5.54 Å². The van der Waals surface area contributed by atoms with Crippen LogP contribution in [0.4, 0.5) is 13.2 Å². The molecule has 0 amide bonds. The van der Waals surface area contributed by atoms with Gasteiger partial charge in [-0.15, -0.1) is 0 Å². The lowest BCUT2D eigenvalue weighted by Gasteiger charge is -2.34. The molecule has 2 aromatic rings. The van der Waals surface area contributed by atoms with Crippen LogP contribution in [0.25, 0.3) is 10.9 Å². The summed E-state index contributed by atoms with van der Waals surface area (Å²) in [5.74, 6) is -6.35. The van der Waals surface area contributed by atoms with Crippen LogP contribution in [0.15, 0.2) is 17.1 Å². The van der Waals surface area contributed by atoms with E-state index in [1.165, 1.54) is 4.57 Å². The van der Waals surface area contributed by atoms with Crippen LogP contribution in [0, 0.1) is 17.5 Å². The second-order valence-electron chi connectivity index (χ2n) is 6.33. The van der Waals surface area contributed by atoms with Crippen LogP contribution in [0.3, 0.4) is 0 Å². The molecule has 1 aliphatic carbocycles. The summed E-state index contributed by atoms with van der Waals surface area (Å²) in [5.41, 5.74) is -3.05. The summed E-state index contributed by atoms with van der Waals surface area (Å²) in [5, 5.41) is 18.2. The highest BCUT2D eigenvalue weighted by Crippen LogP contribution is 2.41. The molecule has 1 saturated carbocycles. The smallest absolute Gasteiger partial charge is 0.341 e. The molecule has 1 heterocycles. The quantitative estimate of drug-likeness (QED) is 0.827. The Bertz CT molecular complexity index is 916. The molecule has 0 saturated heterocycles. The van der Waals surface area contributed by atoms with Gasteiger partial charge in [0.1, 0.15) is 5.56 Å². The number of carboxylic acids is 1. The van der Waals surface area contributed by atoms with E-state index in [0.717, 1.165) is 19.0 Å². The van der Waals surface area contributed by atoms with E-state index in [9.17, 15) is 33.0 Å². The van der Waals surface area contributed by atoms with Gasteiger partial charge in [0.2, 0.25) is 5.43 Å². The Morgan fingerprint density at radius 1 is 1.20 bits per heavy atom. The van der Waals surface area contributed by atoms with Crippen LogP contribution in [0.2, 0.25) is 0 Å². The highest BCUT2D eigenvalue weighted by molar-refractivity contribution is 5.92. The minimum absolute atomic E-state index is 0.183. The normalized spacial score (nSPS) is 16.5. The molecule has 1 aromatic heterocycles. The Balaban J connectivity index is 2.49. The number of nitrogens with zero attached hydrogens (tertiary/aromatic N) is 1. The predicted molar refractivity (Wildman–Crippen MR) is 83.2 cm³/mol. The molecular formula is C17H16F3NO4. The van der Waals surface area contributed by atoms with E-state index in [-0.39, 0.29) is 13.0 Å². The van der Waals surface area contributed by atoms with Crippen molar-refractivity contribution in [3.05, 3.63) is 45.5 Å². The number of benzene rings is 1. The van der Waals surface area contributed by atoms with Crippen molar-refractivity contribution in [1.29, 1.82) is 0 Å². The van der Waals surface area contributed by atoms with Gasteiger partial charge < -0.3 is 14.8 Å². The van der Waals surface area contributed by atoms with E-state index in [0.29, 0.717) is 18.9 Å². The highest BCUT2D eigenvalue weighted by atomic mass is 19.2. The van der Waals surface area contributed by atoms with Gasteiger partial charge in [-0.25, -0.2) is 18.0 Å². The summed E-state index contributed by atoms with van der Waals surface area (Å²) in [7, 11) is 0. The van der Waals surface area contributed by atoms with Crippen LogP contribution >= 0.6 is 0 Å². The molecule has 0 radical (unpaired) electrons. The van der Waals surface area contributed by atoms with E-state index in [2.05, 4.69) is 0 Å². The van der Waals surface area contributed by atoms with Crippen molar-refractivity contribution in [2.75, 3.05) is 6.61 Å². The first-order valence-electron chi connectivity index (χ1n) is 7.90. The predicted octanol–water partition coefficient (Wildman–Crippen LogP) is 2.77. The third-order valence-corrected chi connectivity index (χ3v) is 4.98. The van der Waals surface area contributed by atoms with Gasteiger partial charge >= 0.3 is 5.97 Å². The molecule has 0 bridgehead atoms. The summed E-state index contributed by atoms with van der Waals surface area (Å²) in [4.78, 5) is 23.7. The Kier molecular flexibility index (Phi) is 4.32. The highest BCUT2D eigenvalue weighted by Gasteiger charge is 2.37. The second kappa shape index (κ2) is 6.18. The average Bonchev–Trinajstić information content (AvgIpc) is 3.03. The van der Waals surface area contributed by atoms with Crippen molar-refractivity contribution in [3.8, 4) is 0 Å². The Morgan fingerprint density at radius 2 is 1.84 bits per heavy atom. The monoisotopic (exact) mass is 355 g/mol. The maximum absolute atomic E-state index is 14.5. The Morgan fingerprint density at radius 3 is 2.40 bits per heavy atom. The molecule has 0 atom stereocenters. The van der Waals surface area contributed by atoms with Crippen LogP contribution in [0.5, 0.6) is 0 Å². The largest absolute Gasteiger partial charge is 0.477 e. The Labute approximate surface area is 140 Å². The van der Waals surface area contributed by atoms with E-state index in [1.54, 1.807) is 0 Å². The van der Waals surface area contributed by atoms with Gasteiger partial charge in [-0.05, 0) is 25.3 Å². The average molecular weight is 355 g/mol. The minimum atomic E-state index is -1.72. The second-order valence-corrected chi connectivity index (χ2v) is 6.33. The fourth-order valence-corrected chi connectivity index (χ4v) is 3.77. The molecular weight excluding hydrogens is 339 g/mol. The number of aliphatic hydroxyl groups excluding tert-OH is 1. The van der Waals surface area contributed by atoms with Gasteiger partial charge in [-0.1, -0.05) is 12.8 Å². The topological polar surface area (TPSA) is 79.5 Å². The number of aliphatic hydroxyl groups is 1. The first-order chi connectivity index (χ1) is 11.8. The lowest BCUT2D eigenvalue weighted by molar-refractivity contribution is 0.0694. The number of hydrogen-bond donors (Lipinski definition) is 2. The first-order valence-corrected chi connectivity index (χ1v) is 7.90. The zero-order chi connectivity index (χ0) is 18.4. The van der Waals surface area contributed by atoms with Crippen molar-refractivity contribution >= 4 is 16.9 Å². The Hall–Kier alpha value is -2.35. The summed E-state index contributed by atoms with van der Waals surface area (Å²) >= 11 is 0. The molecule has 1 aliphatic rings. The number of hydrogen-bond acceptors (Lipinski definition) is 3. The van der Waals surface area contributed by atoms with Gasteiger partial charge in [-0.3, -0.25) is 4.79 Å². The number of halogens is 3. The molecule has 0 aliphatic heterocycles. The molecule has 5 nitrogen and oxygen atoms in total. The van der Waals surface area contributed by atoms with Gasteiger partial charge in [0.05, 0.1) is 10.9 Å². The molecule has 25 heavy (non-hydrogen) atoms. The van der Waals surface area contributed by atoms with E-state index in [4.69, 9.17) is 0 Å². The van der Waals surface area contributed by atoms with Crippen molar-refractivity contribution in [2.24, 2.45) is 0 Å². The molecule has 0 spiro atoms. The molecule has 3 rings (SSSR count). The molecule has 1 aromatic carbocycles. The van der Waals surface area contributed by atoms with Crippen LogP contribution < -0.4 is 5.43 Å². The van der Waals surface area contributed by atoms with Gasteiger partial charge in [-0.2, -0.15) is 0 Å². The van der Waals surface area contributed by atoms with Crippen molar-refractivity contribution in [1.82, 2.24) is 4.57 Å². The lowest BCUT2D eigenvalue weighted by atomic mass is 9.91. The summed E-state index contributed by atoms with van der Waals surface area (Å²) in [6.45, 7) is -0.249. The lowest BCUT2D eigenvalue weighted by Crippen LogP contribution is -2.35. The van der Waals surface area contributed by atoms with E-state index >= 15 is 0 Å². The maximum Gasteiger partial charge on any atom is 0.341 e. The minimum Gasteiger partial charge on any atom is -0.477 e.